The number of fused-ring (bicyclic) bond motifs is 9. The van der Waals surface area contributed by atoms with Gasteiger partial charge in [-0.3, -0.25) is 0 Å². The minimum atomic E-state index is -2.57. The van der Waals surface area contributed by atoms with E-state index in [1.807, 2.05) is 0 Å². The van der Waals surface area contributed by atoms with Gasteiger partial charge in [0.1, 0.15) is 5.69 Å². The molecule has 0 amide bonds. The Morgan fingerprint density at radius 3 is 0.931 bits per heavy atom. The molecule has 0 saturated heterocycles. The topological polar surface area (TPSA) is 63.5 Å². The molecule has 7 aromatic rings. The van der Waals surface area contributed by atoms with Crippen molar-refractivity contribution in [2.45, 2.75) is 0 Å². The molecule has 19 heteroatoms. The molecular weight excluding hydrogens is 804 g/mol. The summed E-state index contributed by atoms with van der Waals surface area (Å²) in [5, 5.41) is 0. The summed E-state index contributed by atoms with van der Waals surface area (Å²) < 4.78 is 213. The largest absolute Gasteiger partial charge is 0.373 e. The fourth-order valence-electron chi connectivity index (χ4n) is 6.82. The smallest absolute Gasteiger partial charge is 0.200 e. The Hall–Kier alpha value is -6.79. The predicted octanol–water partition coefficient (Wildman–Crippen LogP) is 11.7. The molecule has 0 spiro atoms. The Kier molecular flexibility index (Phi) is 8.81. The van der Waals surface area contributed by atoms with Gasteiger partial charge in [-0.15, -0.1) is 0 Å². The summed E-state index contributed by atoms with van der Waals surface area (Å²) in [7, 11) is 2.20. The predicted molar refractivity (Wildman–Crippen MR) is 185 cm³/mol. The first-order valence-corrected chi connectivity index (χ1v) is 16.4. The van der Waals surface area contributed by atoms with E-state index in [9.17, 15) is 26.3 Å². The Bertz CT molecular complexity index is 3020. The third-order valence-electron chi connectivity index (χ3n) is 9.43. The molecule has 0 fully saturated rings. The fourth-order valence-corrected chi connectivity index (χ4v) is 6.82. The van der Waals surface area contributed by atoms with E-state index in [0.717, 1.165) is 55.4 Å². The van der Waals surface area contributed by atoms with E-state index in [-0.39, 0.29) is 16.6 Å². The van der Waals surface area contributed by atoms with Gasteiger partial charge in [0.15, 0.2) is 69.8 Å². The van der Waals surface area contributed by atoms with E-state index in [1.165, 1.54) is 12.1 Å². The molecule has 1 aliphatic rings. The van der Waals surface area contributed by atoms with Gasteiger partial charge in [-0.1, -0.05) is 0 Å². The van der Waals surface area contributed by atoms with E-state index >= 15 is 35.1 Å². The van der Waals surface area contributed by atoms with E-state index in [2.05, 4.69) is 19.9 Å². The third-order valence-corrected chi connectivity index (χ3v) is 9.43. The minimum Gasteiger partial charge on any atom is -0.373 e. The zero-order valence-corrected chi connectivity index (χ0v) is 28.8. The van der Waals surface area contributed by atoms with Gasteiger partial charge in [0, 0.05) is 52.9 Å². The van der Waals surface area contributed by atoms with Crippen LogP contribution in [0.5, 0.6) is 0 Å². The normalized spacial score (nSPS) is 12.1. The summed E-state index contributed by atoms with van der Waals surface area (Å²) in [6, 6.07) is 6.50. The van der Waals surface area contributed by atoms with Crippen molar-refractivity contribution in [3.63, 3.8) is 0 Å². The highest BCUT2D eigenvalue weighted by Crippen LogP contribution is 2.43. The number of nitrogens with zero attached hydrogens (tertiary/aromatic N) is 2. The van der Waals surface area contributed by atoms with Gasteiger partial charge < -0.3 is 19.9 Å². The van der Waals surface area contributed by atoms with E-state index in [1.54, 1.807) is 0 Å². The third kappa shape index (κ3) is 5.42. The molecule has 1 aliphatic heterocycles. The number of nitrogens with one attached hydrogen (secondary N) is 3. The highest BCUT2D eigenvalue weighted by atomic mass is 19.2. The lowest BCUT2D eigenvalue weighted by Crippen LogP contribution is -2.16. The zero-order chi connectivity index (χ0) is 41.8. The van der Waals surface area contributed by atoms with Crippen LogP contribution in [0, 0.1) is 81.4 Å². The standard InChI is InChI=1S/C39H17F14N5/c1-58(2)39-37(52)29(44)24(30(45)38(39)53)20-14-6-4-12(55-14)11-3-5-13(54-11)19(22-25(40)31(46)35(50)32(47)26(22)41)15-7-9-17(56-15)21(18-10-8-16(20)57-18)23-27(42)33(48)36(51)34(49)28(23)43/h3-10,54-56H,1-2H3. The zero-order valence-electron chi connectivity index (χ0n) is 28.8. The van der Waals surface area contributed by atoms with Gasteiger partial charge in [0.2, 0.25) is 11.6 Å². The second-order valence-electron chi connectivity index (χ2n) is 13.0. The van der Waals surface area contributed by atoms with Crippen molar-refractivity contribution >= 4 is 50.9 Å². The number of aromatic amines is 3. The van der Waals surface area contributed by atoms with E-state index in [4.69, 9.17) is 0 Å². The number of H-pyrrole nitrogens is 3. The van der Waals surface area contributed by atoms with Crippen LogP contribution in [0.3, 0.4) is 0 Å². The second kappa shape index (κ2) is 13.4. The Morgan fingerprint density at radius 1 is 0.328 bits per heavy atom. The van der Waals surface area contributed by atoms with Crippen LogP contribution in [0.2, 0.25) is 0 Å². The Balaban J connectivity index is 1.64. The highest BCUT2D eigenvalue weighted by Gasteiger charge is 2.33. The molecule has 0 saturated carbocycles. The van der Waals surface area contributed by atoms with Crippen molar-refractivity contribution in [2.24, 2.45) is 0 Å². The summed E-state index contributed by atoms with van der Waals surface area (Å²) in [4.78, 5) is 12.8. The van der Waals surface area contributed by atoms with E-state index < -0.39 is 148 Å². The first-order chi connectivity index (χ1) is 27.4. The molecule has 4 aromatic heterocycles. The SMILES string of the molecule is CN(C)c1c(F)c(F)c(-c2c3nc(c(-c4c(F)c(F)c(F)c(F)c4F)c4ccc([nH]4)c(-c4c(F)c(F)c(F)c(F)c4F)c4ccc([nH]4)c4ccc2[nH]4)C=C3)c(F)c1F. The summed E-state index contributed by atoms with van der Waals surface area (Å²) >= 11 is 0. The van der Waals surface area contributed by atoms with Crippen LogP contribution in [-0.2, 0) is 0 Å². The quantitative estimate of drug-likeness (QED) is 0.0941. The van der Waals surface area contributed by atoms with Crippen molar-refractivity contribution in [3.8, 4) is 33.4 Å². The molecule has 3 N–H and O–H groups in total. The minimum absolute atomic E-state index is 0.00957. The highest BCUT2D eigenvalue weighted by molar-refractivity contribution is 6.00. The maximum atomic E-state index is 16.0. The lowest BCUT2D eigenvalue weighted by molar-refractivity contribution is 0.381. The summed E-state index contributed by atoms with van der Waals surface area (Å²) in [6.07, 6.45) is 1.81. The average Bonchev–Trinajstić information content (AvgIpc) is 4.04. The number of benzene rings is 3. The lowest BCUT2D eigenvalue weighted by Gasteiger charge is -2.18. The van der Waals surface area contributed by atoms with Crippen LogP contribution in [0.15, 0.2) is 36.4 Å². The van der Waals surface area contributed by atoms with Crippen LogP contribution in [0.25, 0.3) is 78.6 Å². The monoisotopic (exact) mass is 821 g/mol. The first kappa shape index (κ1) is 38.1. The van der Waals surface area contributed by atoms with Crippen LogP contribution in [0.4, 0.5) is 67.2 Å². The summed E-state index contributed by atoms with van der Waals surface area (Å²) in [5.41, 5.74) is -11.4. The van der Waals surface area contributed by atoms with Crippen molar-refractivity contribution in [2.75, 3.05) is 19.0 Å². The Labute approximate surface area is 313 Å². The number of halogens is 14. The molecule has 3 aromatic carbocycles. The van der Waals surface area contributed by atoms with Crippen molar-refractivity contribution in [1.29, 1.82) is 0 Å². The van der Waals surface area contributed by atoms with Gasteiger partial charge in [0.05, 0.1) is 39.1 Å². The molecule has 5 nitrogen and oxygen atoms in total. The van der Waals surface area contributed by atoms with Crippen molar-refractivity contribution in [1.82, 2.24) is 19.9 Å². The molecule has 5 heterocycles. The maximum absolute atomic E-state index is 16.0. The van der Waals surface area contributed by atoms with Crippen LogP contribution >= 0.6 is 0 Å². The molecule has 8 bridgehead atoms. The maximum Gasteiger partial charge on any atom is 0.200 e. The molecule has 0 atom stereocenters. The number of aromatic nitrogens is 4. The van der Waals surface area contributed by atoms with Crippen LogP contribution in [0.1, 0.15) is 11.4 Å². The van der Waals surface area contributed by atoms with Crippen molar-refractivity contribution in [3.05, 3.63) is 129 Å². The molecule has 296 valence electrons. The van der Waals surface area contributed by atoms with Crippen molar-refractivity contribution < 1.29 is 61.5 Å². The molecule has 8 rings (SSSR count). The molecule has 0 unspecified atom stereocenters. The molecule has 0 radical (unpaired) electrons. The number of anilines is 1. The van der Waals surface area contributed by atoms with Gasteiger partial charge in [-0.25, -0.2) is 66.4 Å². The summed E-state index contributed by atoms with van der Waals surface area (Å²) in [5.74, 6) is -31.7. The Morgan fingerprint density at radius 2 is 0.586 bits per heavy atom. The molecule has 0 aliphatic carbocycles. The van der Waals surface area contributed by atoms with Gasteiger partial charge in [0.25, 0.3) is 0 Å². The number of hydrogen-bond acceptors (Lipinski definition) is 2. The first-order valence-electron chi connectivity index (χ1n) is 16.4. The number of hydrogen-bond donors (Lipinski definition) is 3. The van der Waals surface area contributed by atoms with Crippen LogP contribution in [-0.4, -0.2) is 34.0 Å². The molecule has 58 heavy (non-hydrogen) atoms. The van der Waals surface area contributed by atoms with Gasteiger partial charge in [-0.05, 0) is 48.6 Å². The average molecular weight is 822 g/mol. The summed E-state index contributed by atoms with van der Waals surface area (Å²) in [6.45, 7) is 0. The molecular formula is C39H17F14N5. The number of rotatable bonds is 4. The second-order valence-corrected chi connectivity index (χ2v) is 13.0. The van der Waals surface area contributed by atoms with Crippen LogP contribution < -0.4 is 4.90 Å². The van der Waals surface area contributed by atoms with Gasteiger partial charge in [-0.2, -0.15) is 0 Å². The van der Waals surface area contributed by atoms with Gasteiger partial charge >= 0.3 is 0 Å². The van der Waals surface area contributed by atoms with E-state index in [0.29, 0.717) is 0 Å². The lowest BCUT2D eigenvalue weighted by atomic mass is 10.0. The fraction of sp³-hybridized carbons (Fsp3) is 0.0513.